The van der Waals surface area contributed by atoms with Gasteiger partial charge < -0.3 is 14.2 Å². The molecule has 0 aliphatic heterocycles. The molecule has 0 aliphatic rings. The quantitative estimate of drug-likeness (QED) is 0.0345. The molecule has 0 amide bonds. The van der Waals surface area contributed by atoms with E-state index in [1.165, 1.54) is 103 Å². The van der Waals surface area contributed by atoms with Crippen LogP contribution in [0, 0.1) is 0 Å². The average molecular weight is 994 g/mol. The fourth-order valence-electron chi connectivity index (χ4n) is 7.57. The zero-order valence-corrected chi connectivity index (χ0v) is 46.6. The molecule has 0 heterocycles. The Kier molecular flexibility index (Phi) is 57.5. The number of unbranched alkanes of at least 4 members (excludes halogenated alkanes) is 17. The van der Waals surface area contributed by atoms with Crippen molar-refractivity contribution in [3.8, 4) is 0 Å². The highest BCUT2D eigenvalue weighted by Gasteiger charge is 2.17. The van der Waals surface area contributed by atoms with Crippen LogP contribution in [0.25, 0.3) is 0 Å². The first kappa shape index (κ1) is 67.8. The minimum absolute atomic E-state index is 0.0129. The summed E-state index contributed by atoms with van der Waals surface area (Å²) in [6.45, 7) is 7.45. The molecule has 5 heteroatoms. The number of hydrogen-bond donors (Lipinski definition) is 0. The summed E-state index contributed by atoms with van der Waals surface area (Å²) in [5, 5.41) is 0. The first-order chi connectivity index (χ1) is 35.6. The van der Waals surface area contributed by atoms with Gasteiger partial charge in [0.2, 0.25) is 0 Å². The molecule has 406 valence electrons. The van der Waals surface area contributed by atoms with Gasteiger partial charge in [-0.1, -0.05) is 250 Å². The molecular weight excluding hydrogens is 885 g/mol. The van der Waals surface area contributed by atoms with E-state index in [0.29, 0.717) is 25.9 Å². The number of hydrogen-bond acceptors (Lipinski definition) is 5. The lowest BCUT2D eigenvalue weighted by molar-refractivity contribution is -0.162. The van der Waals surface area contributed by atoms with Crippen LogP contribution in [0.3, 0.4) is 0 Å². The maximum Gasteiger partial charge on any atom is 0.306 e. The summed E-state index contributed by atoms with van der Waals surface area (Å²) < 4.78 is 17.4. The van der Waals surface area contributed by atoms with Gasteiger partial charge in [0.1, 0.15) is 6.61 Å². The van der Waals surface area contributed by atoms with E-state index in [4.69, 9.17) is 14.2 Å². The van der Waals surface area contributed by atoms with Crippen molar-refractivity contribution in [3.63, 3.8) is 0 Å². The Hall–Kier alpha value is -4.22. The molecule has 0 spiro atoms. The molecule has 0 aromatic heterocycles. The van der Waals surface area contributed by atoms with E-state index in [1.54, 1.807) is 0 Å². The van der Waals surface area contributed by atoms with Crippen LogP contribution in [0.1, 0.15) is 239 Å². The highest BCUT2D eigenvalue weighted by molar-refractivity contribution is 5.70. The molecule has 0 aromatic carbocycles. The van der Waals surface area contributed by atoms with E-state index in [2.05, 4.69) is 161 Å². The molecule has 0 saturated carbocycles. The third-order valence-electron chi connectivity index (χ3n) is 11.9. The van der Waals surface area contributed by atoms with E-state index < -0.39 is 6.10 Å². The van der Waals surface area contributed by atoms with Crippen molar-refractivity contribution in [2.24, 2.45) is 0 Å². The Morgan fingerprint density at radius 3 is 1.07 bits per heavy atom. The van der Waals surface area contributed by atoms with Crippen molar-refractivity contribution < 1.29 is 23.8 Å². The Bertz CT molecular complexity index is 1540. The second-order valence-electron chi connectivity index (χ2n) is 18.8. The van der Waals surface area contributed by atoms with Gasteiger partial charge in [-0.3, -0.25) is 9.59 Å². The number of allylic oxidation sites excluding steroid dienone is 24. The third-order valence-corrected chi connectivity index (χ3v) is 11.9. The van der Waals surface area contributed by atoms with Gasteiger partial charge in [0, 0.05) is 19.4 Å². The lowest BCUT2D eigenvalue weighted by atomic mass is 10.1. The van der Waals surface area contributed by atoms with Crippen LogP contribution in [-0.2, 0) is 23.8 Å². The fraction of sp³-hybridized carbons (Fsp3) is 0.612. The minimum Gasteiger partial charge on any atom is -0.462 e. The molecular formula is C67H108O5. The molecule has 5 nitrogen and oxygen atoms in total. The van der Waals surface area contributed by atoms with Gasteiger partial charge in [-0.2, -0.15) is 0 Å². The van der Waals surface area contributed by atoms with Gasteiger partial charge in [0.15, 0.2) is 6.10 Å². The van der Waals surface area contributed by atoms with Crippen LogP contribution in [0.2, 0.25) is 0 Å². The molecule has 0 aliphatic carbocycles. The van der Waals surface area contributed by atoms with Gasteiger partial charge in [0.25, 0.3) is 0 Å². The number of esters is 2. The van der Waals surface area contributed by atoms with E-state index in [-0.39, 0.29) is 31.6 Å². The van der Waals surface area contributed by atoms with Crippen LogP contribution < -0.4 is 0 Å². The van der Waals surface area contributed by atoms with E-state index in [1.807, 2.05) is 6.08 Å². The number of rotatable bonds is 52. The second kappa shape index (κ2) is 61.1. The normalized spacial score (nSPS) is 13.3. The fourth-order valence-corrected chi connectivity index (χ4v) is 7.57. The predicted molar refractivity (Wildman–Crippen MR) is 315 cm³/mol. The first-order valence-corrected chi connectivity index (χ1v) is 29.4. The van der Waals surface area contributed by atoms with Crippen molar-refractivity contribution in [3.05, 3.63) is 146 Å². The van der Waals surface area contributed by atoms with Crippen LogP contribution in [0.5, 0.6) is 0 Å². The summed E-state index contributed by atoms with van der Waals surface area (Å²) in [7, 11) is 0. The Balaban J connectivity index is 4.49. The molecule has 1 unspecified atom stereocenters. The van der Waals surface area contributed by atoms with Crippen molar-refractivity contribution in [1.29, 1.82) is 0 Å². The summed E-state index contributed by atoms with van der Waals surface area (Å²) in [6.07, 6.45) is 88.9. The molecule has 1 atom stereocenters. The maximum absolute atomic E-state index is 12.8. The molecule has 0 N–H and O–H groups in total. The Morgan fingerprint density at radius 1 is 0.319 bits per heavy atom. The zero-order chi connectivity index (χ0) is 52.0. The van der Waals surface area contributed by atoms with Crippen LogP contribution in [0.15, 0.2) is 146 Å². The highest BCUT2D eigenvalue weighted by Crippen LogP contribution is 2.13. The molecule has 0 radical (unpaired) electrons. The van der Waals surface area contributed by atoms with Crippen LogP contribution >= 0.6 is 0 Å². The number of carbonyl (C=O) groups is 2. The molecule has 0 rings (SSSR count). The van der Waals surface area contributed by atoms with Gasteiger partial charge in [-0.15, -0.1) is 0 Å². The van der Waals surface area contributed by atoms with Crippen molar-refractivity contribution >= 4 is 11.9 Å². The van der Waals surface area contributed by atoms with Crippen molar-refractivity contribution in [1.82, 2.24) is 0 Å². The first-order valence-electron chi connectivity index (χ1n) is 29.4. The van der Waals surface area contributed by atoms with Crippen molar-refractivity contribution in [2.75, 3.05) is 19.8 Å². The monoisotopic (exact) mass is 993 g/mol. The Morgan fingerprint density at radius 2 is 0.653 bits per heavy atom. The second-order valence-corrected chi connectivity index (χ2v) is 18.8. The van der Waals surface area contributed by atoms with Gasteiger partial charge >= 0.3 is 11.9 Å². The Labute approximate surface area is 444 Å². The summed E-state index contributed by atoms with van der Waals surface area (Å²) in [5.41, 5.74) is 0. The zero-order valence-electron chi connectivity index (χ0n) is 46.6. The number of carbonyl (C=O) groups excluding carboxylic acids is 2. The van der Waals surface area contributed by atoms with Gasteiger partial charge in [-0.25, -0.2) is 0 Å². The van der Waals surface area contributed by atoms with E-state index in [0.717, 1.165) is 89.9 Å². The predicted octanol–water partition coefficient (Wildman–Crippen LogP) is 20.5. The molecule has 72 heavy (non-hydrogen) atoms. The molecule has 0 fully saturated rings. The van der Waals surface area contributed by atoms with Gasteiger partial charge in [-0.05, 0) is 122 Å². The van der Waals surface area contributed by atoms with Gasteiger partial charge in [0.05, 0.1) is 6.61 Å². The lowest BCUT2D eigenvalue weighted by Crippen LogP contribution is -2.30. The summed E-state index contributed by atoms with van der Waals surface area (Å²) in [5.74, 6) is -0.569. The summed E-state index contributed by atoms with van der Waals surface area (Å²) >= 11 is 0. The summed E-state index contributed by atoms with van der Waals surface area (Å²) in [6, 6.07) is 0. The molecule has 0 aromatic rings. The van der Waals surface area contributed by atoms with Crippen molar-refractivity contribution in [2.45, 2.75) is 245 Å². The van der Waals surface area contributed by atoms with Crippen LogP contribution in [-0.4, -0.2) is 37.9 Å². The smallest absolute Gasteiger partial charge is 0.306 e. The highest BCUT2D eigenvalue weighted by atomic mass is 16.6. The minimum atomic E-state index is -0.609. The topological polar surface area (TPSA) is 61.8 Å². The van der Waals surface area contributed by atoms with Crippen LogP contribution in [0.4, 0.5) is 0 Å². The summed E-state index contributed by atoms with van der Waals surface area (Å²) in [4.78, 5) is 25.5. The molecule has 0 bridgehead atoms. The average Bonchev–Trinajstić information content (AvgIpc) is 3.38. The van der Waals surface area contributed by atoms with E-state index >= 15 is 0 Å². The maximum atomic E-state index is 12.8. The third kappa shape index (κ3) is 58.4. The number of ether oxygens (including phenoxy) is 3. The lowest BCUT2D eigenvalue weighted by Gasteiger charge is -2.18. The largest absolute Gasteiger partial charge is 0.462 e. The SMILES string of the molecule is CC/C=C\C/C=C\C/C=C\C/C=C\C/C=C\C/C=C\CCC(=O)OCC(COCCCCCCCCCCCC/C=C\CCCCCCCC)OC(=O)CCC/C=C\C/C=C\C/C=C\C/C=C\C/C=C\CC. The van der Waals surface area contributed by atoms with E-state index in [9.17, 15) is 9.59 Å². The standard InChI is InChI=1S/C67H108O5/c1-4-7-10-13-16-19-22-25-28-31-33-35-38-41-44-47-50-53-56-59-62-70-63-65(72-67(69)61-58-55-52-49-46-43-40-36-30-27-24-21-18-15-12-9-6-3)64-71-66(68)60-57-54-51-48-45-42-39-37-34-32-29-26-23-20-17-14-11-8-5-2/h8-9,11-12,17-18,20-21,25-30,34,37,40,42-43,45,49,51-52,54,65H,4-7,10,13-16,19,22-24,31-33,35-36,38-39,41,44,46-48,50,53,55-64H2,1-3H3/b11-8-,12-9-,20-17-,21-18-,28-25-,29-26-,30-27-,37-34-,43-40-,45-42-,52-49-,54-51-. The molecule has 0 saturated heterocycles.